The molecule has 1 aliphatic carbocycles. The molecule has 1 heterocycles. The first-order valence-electron chi connectivity index (χ1n) is 6.85. The van der Waals surface area contributed by atoms with Gasteiger partial charge in [-0.15, -0.1) is 0 Å². The fourth-order valence-electron chi connectivity index (χ4n) is 2.29. The highest BCUT2D eigenvalue weighted by Gasteiger charge is 2.24. The molecule has 1 saturated carbocycles. The van der Waals surface area contributed by atoms with Crippen LogP contribution in [0.2, 0.25) is 0 Å². The quantitative estimate of drug-likeness (QED) is 0.848. The van der Waals surface area contributed by atoms with E-state index in [9.17, 15) is 8.42 Å². The molecule has 1 aliphatic rings. The molecule has 0 aliphatic heterocycles. The Hall–Kier alpha value is -1.86. The molecule has 7 heteroatoms. The summed E-state index contributed by atoms with van der Waals surface area (Å²) in [4.78, 5) is 4.19. The maximum Gasteiger partial charge on any atom is 0.213 e. The van der Waals surface area contributed by atoms with Gasteiger partial charge in [0.15, 0.2) is 0 Å². The van der Waals surface area contributed by atoms with E-state index in [1.807, 2.05) is 24.7 Å². The Balaban J connectivity index is 1.61. The van der Waals surface area contributed by atoms with Crippen LogP contribution in [0.4, 0.5) is 5.69 Å². The van der Waals surface area contributed by atoms with E-state index in [1.165, 1.54) is 12.8 Å². The molecule has 1 aromatic carbocycles. The number of benzene rings is 1. The highest BCUT2D eigenvalue weighted by atomic mass is 32.2. The molecule has 3 rings (SSSR count). The van der Waals surface area contributed by atoms with Crippen LogP contribution in [0.3, 0.4) is 0 Å². The van der Waals surface area contributed by atoms with Crippen LogP contribution >= 0.6 is 0 Å². The fourth-order valence-corrected chi connectivity index (χ4v) is 2.95. The summed E-state index contributed by atoms with van der Waals surface area (Å²) >= 11 is 0. The Morgan fingerprint density at radius 1 is 1.29 bits per heavy atom. The molecule has 0 saturated heterocycles. The molecule has 0 bridgehead atoms. The van der Waals surface area contributed by atoms with Gasteiger partial charge in [-0.25, -0.2) is 18.5 Å². The second kappa shape index (κ2) is 5.50. The number of imidazole rings is 1. The zero-order chi connectivity index (χ0) is 14.9. The average molecular weight is 306 g/mol. The maximum atomic E-state index is 11.0. The van der Waals surface area contributed by atoms with Crippen molar-refractivity contribution < 1.29 is 8.42 Å². The van der Waals surface area contributed by atoms with Crippen LogP contribution in [0.1, 0.15) is 30.1 Å². The van der Waals surface area contributed by atoms with Crippen molar-refractivity contribution in [1.29, 1.82) is 0 Å². The van der Waals surface area contributed by atoms with E-state index >= 15 is 0 Å². The summed E-state index contributed by atoms with van der Waals surface area (Å²) in [6.45, 7) is 0.699. The molecule has 6 nitrogen and oxygen atoms in total. The molecule has 1 fully saturated rings. The Kier molecular flexibility index (Phi) is 3.69. The molecule has 3 N–H and O–H groups in total. The van der Waals surface area contributed by atoms with Crippen molar-refractivity contribution in [3.05, 3.63) is 48.0 Å². The van der Waals surface area contributed by atoms with E-state index in [4.69, 9.17) is 5.14 Å². The number of anilines is 1. The summed E-state index contributed by atoms with van der Waals surface area (Å²) in [5, 5.41) is 8.34. The first-order valence-corrected chi connectivity index (χ1v) is 8.57. The third kappa shape index (κ3) is 3.83. The first kappa shape index (κ1) is 14.1. The summed E-state index contributed by atoms with van der Waals surface area (Å²) in [6.07, 6.45) is 6.21. The van der Waals surface area contributed by atoms with Gasteiger partial charge in [0.1, 0.15) is 0 Å². The van der Waals surface area contributed by atoms with Gasteiger partial charge in [0.05, 0.1) is 24.3 Å². The number of rotatable bonds is 6. The van der Waals surface area contributed by atoms with Crippen LogP contribution in [0.15, 0.2) is 36.8 Å². The minimum absolute atomic E-state index is 0.137. The van der Waals surface area contributed by atoms with Gasteiger partial charge in [-0.1, -0.05) is 12.1 Å². The lowest BCUT2D eigenvalue weighted by molar-refractivity contribution is 0.597. The van der Waals surface area contributed by atoms with Gasteiger partial charge in [0.25, 0.3) is 0 Å². The largest absolute Gasteiger partial charge is 0.379 e. The summed E-state index contributed by atoms with van der Waals surface area (Å²) in [7, 11) is -3.48. The van der Waals surface area contributed by atoms with Crippen molar-refractivity contribution in [3.8, 4) is 0 Å². The standard InChI is InChI=1S/C14H18N4O2S/c15-21(19,20)9-11-1-3-12(4-2-11)17-8-14-7-16-10-18(14)13-5-6-13/h1-4,7,10,13,17H,5-6,8-9H2,(H2,15,19,20). The molecule has 0 radical (unpaired) electrons. The fraction of sp³-hybridized carbons (Fsp3) is 0.357. The summed E-state index contributed by atoms with van der Waals surface area (Å²) in [5.74, 6) is -0.137. The van der Waals surface area contributed by atoms with Crippen molar-refractivity contribution in [3.63, 3.8) is 0 Å². The molecule has 0 amide bonds. The van der Waals surface area contributed by atoms with Crippen molar-refractivity contribution in [2.45, 2.75) is 31.2 Å². The second-order valence-corrected chi connectivity index (χ2v) is 7.00. The summed E-state index contributed by atoms with van der Waals surface area (Å²) < 4.78 is 24.3. The maximum absolute atomic E-state index is 11.0. The molecule has 2 aromatic rings. The third-order valence-corrected chi connectivity index (χ3v) is 4.22. The van der Waals surface area contributed by atoms with Crippen LogP contribution in [0.5, 0.6) is 0 Å². The van der Waals surface area contributed by atoms with Crippen molar-refractivity contribution in [2.75, 3.05) is 5.32 Å². The van der Waals surface area contributed by atoms with Gasteiger partial charge in [0, 0.05) is 17.9 Å². The molecule has 1 aromatic heterocycles. The van der Waals surface area contributed by atoms with E-state index in [-0.39, 0.29) is 5.75 Å². The number of nitrogens with zero attached hydrogens (tertiary/aromatic N) is 2. The van der Waals surface area contributed by atoms with Crippen LogP contribution in [-0.4, -0.2) is 18.0 Å². The van der Waals surface area contributed by atoms with Gasteiger partial charge < -0.3 is 9.88 Å². The number of hydrogen-bond donors (Lipinski definition) is 2. The lowest BCUT2D eigenvalue weighted by atomic mass is 10.2. The molecular weight excluding hydrogens is 288 g/mol. The number of aromatic nitrogens is 2. The Bertz CT molecular complexity index is 718. The average Bonchev–Trinajstić information content (AvgIpc) is 3.15. The Morgan fingerprint density at radius 3 is 2.62 bits per heavy atom. The van der Waals surface area contributed by atoms with Gasteiger partial charge in [-0.05, 0) is 30.5 Å². The summed E-state index contributed by atoms with van der Waals surface area (Å²) in [6, 6.07) is 7.87. The third-order valence-electron chi connectivity index (χ3n) is 3.48. The van der Waals surface area contributed by atoms with Crippen molar-refractivity contribution in [1.82, 2.24) is 9.55 Å². The molecule has 0 spiro atoms. The molecular formula is C14H18N4O2S. The number of sulfonamides is 1. The lowest BCUT2D eigenvalue weighted by Crippen LogP contribution is -2.14. The first-order chi connectivity index (χ1) is 10.0. The zero-order valence-corrected chi connectivity index (χ0v) is 12.4. The van der Waals surface area contributed by atoms with E-state index in [1.54, 1.807) is 12.1 Å². The van der Waals surface area contributed by atoms with E-state index in [0.29, 0.717) is 18.2 Å². The monoisotopic (exact) mass is 306 g/mol. The van der Waals surface area contributed by atoms with Gasteiger partial charge in [-0.2, -0.15) is 0 Å². The zero-order valence-electron chi connectivity index (χ0n) is 11.6. The Labute approximate surface area is 124 Å². The highest BCUT2D eigenvalue weighted by molar-refractivity contribution is 7.88. The number of hydrogen-bond acceptors (Lipinski definition) is 4. The van der Waals surface area contributed by atoms with Crippen LogP contribution in [0, 0.1) is 0 Å². The normalized spacial score (nSPS) is 15.1. The van der Waals surface area contributed by atoms with Crippen LogP contribution in [-0.2, 0) is 22.3 Å². The van der Waals surface area contributed by atoms with Crippen molar-refractivity contribution >= 4 is 15.7 Å². The molecule has 112 valence electrons. The summed E-state index contributed by atoms with van der Waals surface area (Å²) in [5.41, 5.74) is 2.79. The molecule has 0 atom stereocenters. The van der Waals surface area contributed by atoms with E-state index < -0.39 is 10.0 Å². The number of nitrogens with one attached hydrogen (secondary N) is 1. The predicted octanol–water partition coefficient (Wildman–Crippen LogP) is 1.62. The van der Waals surface area contributed by atoms with Gasteiger partial charge >= 0.3 is 0 Å². The molecule has 21 heavy (non-hydrogen) atoms. The molecule has 0 unspecified atom stereocenters. The van der Waals surface area contributed by atoms with Gasteiger partial charge in [-0.3, -0.25) is 0 Å². The topological polar surface area (TPSA) is 90.0 Å². The highest BCUT2D eigenvalue weighted by Crippen LogP contribution is 2.35. The smallest absolute Gasteiger partial charge is 0.213 e. The van der Waals surface area contributed by atoms with Crippen LogP contribution < -0.4 is 10.5 Å². The van der Waals surface area contributed by atoms with Crippen molar-refractivity contribution in [2.24, 2.45) is 5.14 Å². The second-order valence-electron chi connectivity index (χ2n) is 5.38. The van der Waals surface area contributed by atoms with E-state index in [2.05, 4.69) is 14.9 Å². The number of primary sulfonamides is 1. The number of nitrogens with two attached hydrogens (primary N) is 1. The SMILES string of the molecule is NS(=O)(=O)Cc1ccc(NCc2cncn2C2CC2)cc1. The minimum atomic E-state index is -3.48. The minimum Gasteiger partial charge on any atom is -0.379 e. The Morgan fingerprint density at radius 2 is 2.00 bits per heavy atom. The van der Waals surface area contributed by atoms with Gasteiger partial charge in [0.2, 0.25) is 10.0 Å². The predicted molar refractivity (Wildman–Crippen MR) is 81.1 cm³/mol. The van der Waals surface area contributed by atoms with Crippen LogP contribution in [0.25, 0.3) is 0 Å². The lowest BCUT2D eigenvalue weighted by Gasteiger charge is -2.09. The van der Waals surface area contributed by atoms with E-state index in [0.717, 1.165) is 11.4 Å².